The highest BCUT2D eigenvalue weighted by Gasteiger charge is 2.28. The maximum atomic E-state index is 11.6. The number of nitrogens with one attached hydrogen (secondary N) is 2. The van der Waals surface area contributed by atoms with Crippen molar-refractivity contribution < 1.29 is 19.4 Å². The van der Waals surface area contributed by atoms with Gasteiger partial charge in [0.05, 0.1) is 6.54 Å². The van der Waals surface area contributed by atoms with Gasteiger partial charge in [-0.3, -0.25) is 0 Å². The summed E-state index contributed by atoms with van der Waals surface area (Å²) in [4.78, 5) is 22.3. The number of urea groups is 1. The zero-order valence-electron chi connectivity index (χ0n) is 10.6. The predicted octanol–water partition coefficient (Wildman–Crippen LogP) is 0.669. The Kier molecular flexibility index (Phi) is 6.28. The number of carboxylic acid groups (broad SMARTS) is 1. The summed E-state index contributed by atoms with van der Waals surface area (Å²) in [5.41, 5.74) is 0. The van der Waals surface area contributed by atoms with Crippen molar-refractivity contribution in [2.24, 2.45) is 0 Å². The standard InChI is InChI=1S/C11H20N2O4S/c1-17-8(10(14)15)6-12-11(16)13-7-4-3-5-9(7)18-2/h7-9H,3-6H2,1-2H3,(H,14,15)(H2,12,13,16). The van der Waals surface area contributed by atoms with E-state index in [1.807, 2.05) is 6.26 Å². The van der Waals surface area contributed by atoms with Gasteiger partial charge in [-0.1, -0.05) is 6.42 Å². The van der Waals surface area contributed by atoms with Crippen LogP contribution in [0.1, 0.15) is 19.3 Å². The first kappa shape index (κ1) is 15.1. The van der Waals surface area contributed by atoms with Gasteiger partial charge >= 0.3 is 12.0 Å². The summed E-state index contributed by atoms with van der Waals surface area (Å²) in [5, 5.41) is 14.6. The van der Waals surface area contributed by atoms with Crippen LogP contribution in [0.3, 0.4) is 0 Å². The third kappa shape index (κ3) is 4.38. The van der Waals surface area contributed by atoms with Crippen molar-refractivity contribution in [1.82, 2.24) is 10.6 Å². The second-order valence-electron chi connectivity index (χ2n) is 4.23. The highest BCUT2D eigenvalue weighted by atomic mass is 32.2. The zero-order chi connectivity index (χ0) is 13.5. The third-order valence-electron chi connectivity index (χ3n) is 3.08. The van der Waals surface area contributed by atoms with Crippen LogP contribution in [0.4, 0.5) is 4.79 Å². The van der Waals surface area contributed by atoms with Crippen molar-refractivity contribution >= 4 is 23.8 Å². The van der Waals surface area contributed by atoms with Gasteiger partial charge in [0.25, 0.3) is 0 Å². The number of amides is 2. The van der Waals surface area contributed by atoms with E-state index in [0.717, 1.165) is 19.3 Å². The van der Waals surface area contributed by atoms with Gasteiger partial charge in [-0.05, 0) is 19.1 Å². The quantitative estimate of drug-likeness (QED) is 0.663. The molecule has 0 saturated heterocycles. The maximum absolute atomic E-state index is 11.6. The molecule has 18 heavy (non-hydrogen) atoms. The molecule has 0 aliphatic heterocycles. The molecule has 7 heteroatoms. The zero-order valence-corrected chi connectivity index (χ0v) is 11.5. The fourth-order valence-corrected chi connectivity index (χ4v) is 2.98. The molecule has 1 aliphatic carbocycles. The summed E-state index contributed by atoms with van der Waals surface area (Å²) in [6.45, 7) is -0.0334. The van der Waals surface area contributed by atoms with Crippen LogP contribution in [-0.4, -0.2) is 54.4 Å². The minimum atomic E-state index is -1.08. The van der Waals surface area contributed by atoms with Gasteiger partial charge < -0.3 is 20.5 Å². The lowest BCUT2D eigenvalue weighted by atomic mass is 10.2. The lowest BCUT2D eigenvalue weighted by molar-refractivity contribution is -0.147. The average molecular weight is 276 g/mol. The second kappa shape index (κ2) is 7.48. The topological polar surface area (TPSA) is 87.7 Å². The Hall–Kier alpha value is -0.950. The van der Waals surface area contributed by atoms with Crippen LogP contribution in [-0.2, 0) is 9.53 Å². The molecule has 1 aliphatic rings. The van der Waals surface area contributed by atoms with Crippen LogP contribution in [0.15, 0.2) is 0 Å². The molecule has 0 aromatic rings. The third-order valence-corrected chi connectivity index (χ3v) is 4.25. The van der Waals surface area contributed by atoms with Gasteiger partial charge in [0, 0.05) is 18.4 Å². The monoisotopic (exact) mass is 276 g/mol. The average Bonchev–Trinajstić information content (AvgIpc) is 2.76. The van der Waals surface area contributed by atoms with Crippen molar-refractivity contribution in [1.29, 1.82) is 0 Å². The first-order valence-corrected chi connectivity index (χ1v) is 7.20. The summed E-state index contributed by atoms with van der Waals surface area (Å²) >= 11 is 1.75. The number of ether oxygens (including phenoxy) is 1. The van der Waals surface area contributed by atoms with Crippen molar-refractivity contribution in [3.63, 3.8) is 0 Å². The van der Waals surface area contributed by atoms with E-state index < -0.39 is 12.1 Å². The molecular formula is C11H20N2O4S. The first-order valence-electron chi connectivity index (χ1n) is 5.91. The largest absolute Gasteiger partial charge is 0.479 e. The molecule has 3 unspecified atom stereocenters. The second-order valence-corrected chi connectivity index (χ2v) is 5.31. The van der Waals surface area contributed by atoms with E-state index in [1.54, 1.807) is 11.8 Å². The van der Waals surface area contributed by atoms with Crippen LogP contribution in [0.25, 0.3) is 0 Å². The minimum Gasteiger partial charge on any atom is -0.479 e. The Morgan fingerprint density at radius 3 is 2.78 bits per heavy atom. The van der Waals surface area contributed by atoms with Crippen LogP contribution < -0.4 is 10.6 Å². The van der Waals surface area contributed by atoms with E-state index in [4.69, 9.17) is 9.84 Å². The number of methoxy groups -OCH3 is 1. The van der Waals surface area contributed by atoms with E-state index in [0.29, 0.717) is 5.25 Å². The number of aliphatic carboxylic acids is 1. The molecule has 3 atom stereocenters. The lowest BCUT2D eigenvalue weighted by Gasteiger charge is -2.20. The highest BCUT2D eigenvalue weighted by Crippen LogP contribution is 2.28. The van der Waals surface area contributed by atoms with Gasteiger partial charge in [0.15, 0.2) is 6.10 Å². The van der Waals surface area contributed by atoms with Gasteiger partial charge in [-0.25, -0.2) is 9.59 Å². The van der Waals surface area contributed by atoms with Gasteiger partial charge in [0.1, 0.15) is 0 Å². The molecule has 0 radical (unpaired) electrons. The Bertz CT molecular complexity index is 301. The fraction of sp³-hybridized carbons (Fsp3) is 0.818. The predicted molar refractivity (Wildman–Crippen MR) is 69.9 cm³/mol. The van der Waals surface area contributed by atoms with Gasteiger partial charge in [-0.2, -0.15) is 11.8 Å². The summed E-state index contributed by atoms with van der Waals surface area (Å²) in [7, 11) is 1.30. The summed E-state index contributed by atoms with van der Waals surface area (Å²) in [5.74, 6) is -1.08. The summed E-state index contributed by atoms with van der Waals surface area (Å²) in [6, 6.07) is -0.157. The molecule has 0 heterocycles. The molecule has 0 aromatic carbocycles. The van der Waals surface area contributed by atoms with Crippen molar-refractivity contribution in [2.45, 2.75) is 36.7 Å². The van der Waals surface area contributed by atoms with Crippen molar-refractivity contribution in [3.8, 4) is 0 Å². The van der Waals surface area contributed by atoms with E-state index in [2.05, 4.69) is 10.6 Å². The molecule has 0 bridgehead atoms. The number of carbonyl (C=O) groups excluding carboxylic acids is 1. The molecule has 1 rings (SSSR count). The van der Waals surface area contributed by atoms with E-state index in [-0.39, 0.29) is 18.6 Å². The molecule has 1 fully saturated rings. The number of rotatable bonds is 6. The fourth-order valence-electron chi connectivity index (χ4n) is 2.05. The van der Waals surface area contributed by atoms with E-state index >= 15 is 0 Å². The Balaban J connectivity index is 2.31. The van der Waals surface area contributed by atoms with Crippen LogP contribution >= 0.6 is 11.8 Å². The molecule has 3 N–H and O–H groups in total. The molecule has 0 spiro atoms. The molecule has 6 nitrogen and oxygen atoms in total. The summed E-state index contributed by atoms with van der Waals surface area (Å²) in [6.07, 6.45) is 4.24. The number of thioether (sulfide) groups is 1. The first-order chi connectivity index (χ1) is 8.58. The molecule has 1 saturated carbocycles. The summed E-state index contributed by atoms with van der Waals surface area (Å²) < 4.78 is 4.73. The maximum Gasteiger partial charge on any atom is 0.334 e. The minimum absolute atomic E-state index is 0.0334. The number of hydrogen-bond donors (Lipinski definition) is 3. The van der Waals surface area contributed by atoms with E-state index in [9.17, 15) is 9.59 Å². The Labute approximate surface area is 111 Å². The highest BCUT2D eigenvalue weighted by molar-refractivity contribution is 7.99. The number of hydrogen-bond acceptors (Lipinski definition) is 4. The Morgan fingerprint density at radius 1 is 1.50 bits per heavy atom. The molecule has 2 amide bonds. The molecule has 104 valence electrons. The normalized spacial score (nSPS) is 24.6. The van der Waals surface area contributed by atoms with Crippen LogP contribution in [0.2, 0.25) is 0 Å². The lowest BCUT2D eigenvalue weighted by Crippen LogP contribution is -2.47. The van der Waals surface area contributed by atoms with E-state index in [1.165, 1.54) is 7.11 Å². The Morgan fingerprint density at radius 2 is 2.22 bits per heavy atom. The number of carbonyl (C=O) groups is 2. The van der Waals surface area contributed by atoms with Crippen LogP contribution in [0.5, 0.6) is 0 Å². The smallest absolute Gasteiger partial charge is 0.334 e. The van der Waals surface area contributed by atoms with Gasteiger partial charge in [-0.15, -0.1) is 0 Å². The molecule has 0 aromatic heterocycles. The van der Waals surface area contributed by atoms with Gasteiger partial charge in [0.2, 0.25) is 0 Å². The SMILES string of the molecule is COC(CNC(=O)NC1CCCC1SC)C(=O)O. The van der Waals surface area contributed by atoms with Crippen molar-refractivity contribution in [2.75, 3.05) is 19.9 Å². The van der Waals surface area contributed by atoms with Crippen molar-refractivity contribution in [3.05, 3.63) is 0 Å². The van der Waals surface area contributed by atoms with Crippen LogP contribution in [0, 0.1) is 0 Å². The molecular weight excluding hydrogens is 256 g/mol. The number of carboxylic acids is 1.